The number of fused-ring (bicyclic) bond motifs is 3. The van der Waals surface area contributed by atoms with E-state index in [9.17, 15) is 9.90 Å². The van der Waals surface area contributed by atoms with Gasteiger partial charge in [0.05, 0.1) is 12.2 Å². The van der Waals surface area contributed by atoms with Crippen LogP contribution in [-0.2, 0) is 17.6 Å². The standard InChI is InChI=1S/C20H21NO3S/c1-3-6-13(20(22)23)16-11(2)21-19-17(12-7-4-9-15(12)25-19)18(16)14-8-5-10-24-14/h5,8,10,13H,3-4,6-7,9H2,1-2H3,(H,22,23). The van der Waals surface area contributed by atoms with Crippen molar-refractivity contribution in [2.45, 2.75) is 51.9 Å². The van der Waals surface area contributed by atoms with Gasteiger partial charge in [0.1, 0.15) is 10.6 Å². The molecule has 0 radical (unpaired) electrons. The maximum Gasteiger partial charge on any atom is 0.311 e. The number of rotatable bonds is 5. The van der Waals surface area contributed by atoms with E-state index in [0.717, 1.165) is 58.5 Å². The Balaban J connectivity index is 2.09. The zero-order valence-electron chi connectivity index (χ0n) is 14.5. The number of furan rings is 1. The number of aryl methyl sites for hydroxylation is 3. The maximum absolute atomic E-state index is 12.0. The molecule has 0 bridgehead atoms. The first kappa shape index (κ1) is 16.3. The zero-order chi connectivity index (χ0) is 17.6. The number of aromatic nitrogens is 1. The Hall–Kier alpha value is -2.14. The first-order valence-electron chi connectivity index (χ1n) is 8.83. The molecule has 5 heteroatoms. The lowest BCUT2D eigenvalue weighted by Crippen LogP contribution is -2.15. The van der Waals surface area contributed by atoms with Crippen molar-refractivity contribution in [1.29, 1.82) is 0 Å². The van der Waals surface area contributed by atoms with Crippen LogP contribution in [0.3, 0.4) is 0 Å². The Kier molecular flexibility index (Phi) is 4.12. The second-order valence-corrected chi connectivity index (χ2v) is 7.76. The van der Waals surface area contributed by atoms with Gasteiger partial charge in [0.25, 0.3) is 0 Å². The van der Waals surface area contributed by atoms with Gasteiger partial charge < -0.3 is 9.52 Å². The fourth-order valence-corrected chi connectivity index (χ4v) is 5.35. The van der Waals surface area contributed by atoms with Gasteiger partial charge >= 0.3 is 5.97 Å². The largest absolute Gasteiger partial charge is 0.481 e. The molecular formula is C20H21NO3S. The van der Waals surface area contributed by atoms with E-state index in [2.05, 4.69) is 0 Å². The van der Waals surface area contributed by atoms with Crippen LogP contribution in [0, 0.1) is 6.92 Å². The smallest absolute Gasteiger partial charge is 0.311 e. The predicted molar refractivity (Wildman–Crippen MR) is 99.4 cm³/mol. The average Bonchev–Trinajstić information content (AvgIpc) is 3.28. The zero-order valence-corrected chi connectivity index (χ0v) is 15.3. The normalized spacial score (nSPS) is 14.8. The quantitative estimate of drug-likeness (QED) is 0.672. The summed E-state index contributed by atoms with van der Waals surface area (Å²) in [4.78, 5) is 19.2. The molecular weight excluding hydrogens is 334 g/mol. The third kappa shape index (κ3) is 2.58. The van der Waals surface area contributed by atoms with Gasteiger partial charge in [0, 0.05) is 21.5 Å². The fourth-order valence-electron chi connectivity index (χ4n) is 4.04. The number of carboxylic acid groups (broad SMARTS) is 1. The van der Waals surface area contributed by atoms with Crippen molar-refractivity contribution in [2.75, 3.05) is 0 Å². The lowest BCUT2D eigenvalue weighted by molar-refractivity contribution is -0.139. The van der Waals surface area contributed by atoms with Crippen LogP contribution in [0.25, 0.3) is 21.5 Å². The van der Waals surface area contributed by atoms with Gasteiger partial charge in [-0.1, -0.05) is 13.3 Å². The number of pyridine rings is 1. The van der Waals surface area contributed by atoms with Crippen LogP contribution >= 0.6 is 11.3 Å². The monoisotopic (exact) mass is 355 g/mol. The van der Waals surface area contributed by atoms with Crippen LogP contribution in [-0.4, -0.2) is 16.1 Å². The number of hydrogen-bond donors (Lipinski definition) is 1. The summed E-state index contributed by atoms with van der Waals surface area (Å²) in [6, 6.07) is 3.80. The van der Waals surface area contributed by atoms with Crippen molar-refractivity contribution in [3.63, 3.8) is 0 Å². The first-order chi connectivity index (χ1) is 12.1. The van der Waals surface area contributed by atoms with E-state index in [0.29, 0.717) is 6.42 Å². The summed E-state index contributed by atoms with van der Waals surface area (Å²) < 4.78 is 5.74. The molecule has 0 amide bonds. The first-order valence-corrected chi connectivity index (χ1v) is 9.64. The Morgan fingerprint density at radius 1 is 1.44 bits per heavy atom. The third-order valence-electron chi connectivity index (χ3n) is 5.07. The van der Waals surface area contributed by atoms with Gasteiger partial charge in [-0.15, -0.1) is 11.3 Å². The number of aliphatic carboxylic acids is 1. The Labute approximate surface area is 150 Å². The van der Waals surface area contributed by atoms with E-state index in [4.69, 9.17) is 9.40 Å². The molecule has 1 unspecified atom stereocenters. The van der Waals surface area contributed by atoms with E-state index in [1.807, 2.05) is 26.0 Å². The molecule has 0 aromatic carbocycles. The Morgan fingerprint density at radius 2 is 2.28 bits per heavy atom. The summed E-state index contributed by atoms with van der Waals surface area (Å²) in [5.74, 6) is -0.593. The summed E-state index contributed by atoms with van der Waals surface area (Å²) in [6.45, 7) is 3.95. The minimum atomic E-state index is -0.786. The lowest BCUT2D eigenvalue weighted by atomic mass is 9.86. The predicted octanol–water partition coefficient (Wildman–Crippen LogP) is 5.32. The number of nitrogens with zero attached hydrogens (tertiary/aromatic N) is 1. The second kappa shape index (κ2) is 6.30. The second-order valence-electron chi connectivity index (χ2n) is 6.68. The highest BCUT2D eigenvalue weighted by atomic mass is 32.1. The third-order valence-corrected chi connectivity index (χ3v) is 6.26. The van der Waals surface area contributed by atoms with E-state index in [-0.39, 0.29) is 0 Å². The van der Waals surface area contributed by atoms with Gasteiger partial charge in [0.2, 0.25) is 0 Å². The van der Waals surface area contributed by atoms with Crippen molar-refractivity contribution in [1.82, 2.24) is 4.98 Å². The van der Waals surface area contributed by atoms with Gasteiger partial charge in [0.15, 0.2) is 0 Å². The SMILES string of the molecule is CCCC(C(=O)O)c1c(C)nc2sc3c(c2c1-c1ccco1)CCC3. The van der Waals surface area contributed by atoms with Crippen LogP contribution in [0.1, 0.15) is 53.8 Å². The Bertz CT molecular complexity index is 940. The van der Waals surface area contributed by atoms with Gasteiger partial charge in [-0.2, -0.15) is 0 Å². The van der Waals surface area contributed by atoms with Crippen molar-refractivity contribution in [3.05, 3.63) is 40.1 Å². The molecule has 1 aliphatic carbocycles. The highest BCUT2D eigenvalue weighted by Gasteiger charge is 2.31. The summed E-state index contributed by atoms with van der Waals surface area (Å²) >= 11 is 1.75. The molecule has 4 nitrogen and oxygen atoms in total. The molecule has 3 heterocycles. The molecule has 25 heavy (non-hydrogen) atoms. The van der Waals surface area contributed by atoms with Crippen molar-refractivity contribution in [2.24, 2.45) is 0 Å². The topological polar surface area (TPSA) is 63.3 Å². The summed E-state index contributed by atoms with van der Waals surface area (Å²) in [5.41, 5.74) is 3.93. The number of carbonyl (C=O) groups is 1. The van der Waals surface area contributed by atoms with Crippen LogP contribution in [0.5, 0.6) is 0 Å². The molecule has 0 spiro atoms. The van der Waals surface area contributed by atoms with Gasteiger partial charge in [-0.05, 0) is 55.9 Å². The highest BCUT2D eigenvalue weighted by Crippen LogP contribution is 2.46. The molecule has 1 N–H and O–H groups in total. The van der Waals surface area contributed by atoms with Gasteiger partial charge in [-0.3, -0.25) is 4.79 Å². The minimum absolute atomic E-state index is 0.557. The number of carboxylic acids is 1. The van der Waals surface area contributed by atoms with Crippen LogP contribution in [0.2, 0.25) is 0 Å². The lowest BCUT2D eigenvalue weighted by Gasteiger charge is -2.19. The maximum atomic E-state index is 12.0. The fraction of sp³-hybridized carbons (Fsp3) is 0.400. The van der Waals surface area contributed by atoms with Crippen LogP contribution < -0.4 is 0 Å². The number of hydrogen-bond acceptors (Lipinski definition) is 4. The molecule has 1 aliphatic rings. The van der Waals surface area contributed by atoms with Crippen LogP contribution in [0.15, 0.2) is 22.8 Å². The summed E-state index contributed by atoms with van der Waals surface area (Å²) in [5, 5.41) is 11.0. The summed E-state index contributed by atoms with van der Waals surface area (Å²) in [7, 11) is 0. The number of thiophene rings is 1. The molecule has 4 rings (SSSR count). The summed E-state index contributed by atoms with van der Waals surface area (Å²) in [6.07, 6.45) is 6.37. The molecule has 0 saturated carbocycles. The van der Waals surface area contributed by atoms with E-state index in [1.165, 1.54) is 10.4 Å². The molecule has 1 atom stereocenters. The van der Waals surface area contributed by atoms with Crippen molar-refractivity contribution in [3.8, 4) is 11.3 Å². The van der Waals surface area contributed by atoms with Gasteiger partial charge in [-0.25, -0.2) is 4.98 Å². The highest BCUT2D eigenvalue weighted by molar-refractivity contribution is 7.19. The van der Waals surface area contributed by atoms with E-state index < -0.39 is 11.9 Å². The molecule has 0 fully saturated rings. The molecule has 3 aromatic rings. The van der Waals surface area contributed by atoms with E-state index in [1.54, 1.807) is 17.6 Å². The molecule has 0 saturated heterocycles. The molecule has 3 aromatic heterocycles. The van der Waals surface area contributed by atoms with Crippen molar-refractivity contribution >= 4 is 27.5 Å². The molecule has 130 valence electrons. The Morgan fingerprint density at radius 3 is 2.96 bits per heavy atom. The van der Waals surface area contributed by atoms with Crippen molar-refractivity contribution < 1.29 is 14.3 Å². The van der Waals surface area contributed by atoms with Crippen LogP contribution in [0.4, 0.5) is 0 Å². The molecule has 0 aliphatic heterocycles. The average molecular weight is 355 g/mol. The van der Waals surface area contributed by atoms with E-state index >= 15 is 0 Å². The minimum Gasteiger partial charge on any atom is -0.481 e.